The van der Waals surface area contributed by atoms with Gasteiger partial charge in [-0.1, -0.05) is 20.8 Å². The molecule has 4 nitrogen and oxygen atoms in total. The van der Waals surface area contributed by atoms with Crippen LogP contribution in [0.2, 0.25) is 0 Å². The number of rotatable bonds is 7. The van der Waals surface area contributed by atoms with E-state index in [1.807, 2.05) is 20.8 Å². The Morgan fingerprint density at radius 2 is 1.93 bits per heavy atom. The van der Waals surface area contributed by atoms with Gasteiger partial charge in [0.25, 0.3) is 0 Å². The van der Waals surface area contributed by atoms with Crippen LogP contribution in [0.15, 0.2) is 0 Å². The first-order valence-corrected chi connectivity index (χ1v) is 6.56. The Labute approximate surface area is 86.8 Å². The van der Waals surface area contributed by atoms with Crippen LogP contribution in [-0.2, 0) is 10.0 Å². The Morgan fingerprint density at radius 1 is 1.36 bits per heavy atom. The Balaban J connectivity index is 4.00. The molecular weight excluding hydrogens is 202 g/mol. The summed E-state index contributed by atoms with van der Waals surface area (Å²) in [7, 11) is -3.20. The molecule has 0 heterocycles. The molecule has 0 saturated carbocycles. The molecule has 86 valence electrons. The van der Waals surface area contributed by atoms with E-state index in [0.29, 0.717) is 13.0 Å². The minimum Gasteiger partial charge on any atom is -0.396 e. The second kappa shape index (κ2) is 5.68. The summed E-state index contributed by atoms with van der Waals surface area (Å²) in [6.07, 6.45) is 1.22. The minimum absolute atomic E-state index is 0.00327. The molecule has 0 spiro atoms. The molecular formula is C9H21NO3S. The molecule has 0 aliphatic rings. The Bertz CT molecular complexity index is 247. The zero-order valence-corrected chi connectivity index (χ0v) is 10.0. The maximum absolute atomic E-state index is 11.3. The molecule has 0 rings (SSSR count). The Kier molecular flexibility index (Phi) is 5.63. The lowest BCUT2D eigenvalue weighted by atomic mass is 9.91. The van der Waals surface area contributed by atoms with Crippen LogP contribution >= 0.6 is 0 Å². The normalized spacial score (nSPS) is 13.1. The van der Waals surface area contributed by atoms with Gasteiger partial charge < -0.3 is 5.11 Å². The fraction of sp³-hybridized carbons (Fsp3) is 1.00. The van der Waals surface area contributed by atoms with Crippen LogP contribution < -0.4 is 4.72 Å². The molecule has 0 saturated heterocycles. The fourth-order valence-corrected chi connectivity index (χ4v) is 2.02. The molecule has 0 unspecified atom stereocenters. The summed E-state index contributed by atoms with van der Waals surface area (Å²) < 4.78 is 25.2. The van der Waals surface area contributed by atoms with E-state index < -0.39 is 10.0 Å². The lowest BCUT2D eigenvalue weighted by Crippen LogP contribution is -2.35. The number of aliphatic hydroxyl groups is 1. The van der Waals surface area contributed by atoms with E-state index in [4.69, 9.17) is 5.11 Å². The fourth-order valence-electron chi connectivity index (χ4n) is 0.757. The van der Waals surface area contributed by atoms with Gasteiger partial charge in [-0.05, 0) is 18.3 Å². The van der Waals surface area contributed by atoms with Gasteiger partial charge in [-0.3, -0.25) is 0 Å². The van der Waals surface area contributed by atoms with Crippen LogP contribution in [0, 0.1) is 5.41 Å². The molecule has 0 atom stereocenters. The largest absolute Gasteiger partial charge is 0.396 e. The third-order valence-corrected chi connectivity index (χ3v) is 3.71. The summed E-state index contributed by atoms with van der Waals surface area (Å²) in [4.78, 5) is 0. The number of nitrogens with one attached hydrogen (secondary N) is 1. The average Bonchev–Trinajstić information content (AvgIpc) is 2.12. The van der Waals surface area contributed by atoms with Crippen LogP contribution in [-0.4, -0.2) is 32.4 Å². The first-order chi connectivity index (χ1) is 6.33. The summed E-state index contributed by atoms with van der Waals surface area (Å²) in [6, 6.07) is 0. The lowest BCUT2D eigenvalue weighted by molar-refractivity contribution is 0.295. The minimum atomic E-state index is -3.20. The van der Waals surface area contributed by atoms with Gasteiger partial charge in [0.2, 0.25) is 10.0 Å². The van der Waals surface area contributed by atoms with Crippen LogP contribution in [0.4, 0.5) is 0 Å². The van der Waals surface area contributed by atoms with E-state index in [0.717, 1.165) is 6.42 Å². The summed E-state index contributed by atoms with van der Waals surface area (Å²) in [5.41, 5.74) is -0.00765. The predicted molar refractivity (Wildman–Crippen MR) is 57.6 cm³/mol. The van der Waals surface area contributed by atoms with Gasteiger partial charge in [0.15, 0.2) is 0 Å². The van der Waals surface area contributed by atoms with E-state index >= 15 is 0 Å². The van der Waals surface area contributed by atoms with Crippen molar-refractivity contribution in [3.63, 3.8) is 0 Å². The van der Waals surface area contributed by atoms with E-state index in [1.54, 1.807) is 0 Å². The quantitative estimate of drug-likeness (QED) is 0.668. The van der Waals surface area contributed by atoms with Crippen molar-refractivity contribution in [2.75, 3.05) is 18.9 Å². The highest BCUT2D eigenvalue weighted by atomic mass is 32.2. The van der Waals surface area contributed by atoms with E-state index in [9.17, 15) is 8.42 Å². The second-order valence-electron chi connectivity index (χ2n) is 4.23. The van der Waals surface area contributed by atoms with E-state index in [-0.39, 0.29) is 17.8 Å². The highest BCUT2D eigenvalue weighted by molar-refractivity contribution is 7.89. The van der Waals surface area contributed by atoms with Crippen molar-refractivity contribution < 1.29 is 13.5 Å². The topological polar surface area (TPSA) is 66.4 Å². The third kappa shape index (κ3) is 6.34. The molecule has 14 heavy (non-hydrogen) atoms. The summed E-state index contributed by atoms with van der Waals surface area (Å²) in [6.45, 7) is 6.43. The number of aliphatic hydroxyl groups excluding tert-OH is 1. The van der Waals surface area contributed by atoms with Gasteiger partial charge in [0.05, 0.1) is 5.75 Å². The average molecular weight is 223 g/mol. The monoisotopic (exact) mass is 223 g/mol. The molecule has 0 aromatic rings. The molecule has 0 bridgehead atoms. The van der Waals surface area contributed by atoms with Crippen molar-refractivity contribution in [1.29, 1.82) is 0 Å². The first-order valence-electron chi connectivity index (χ1n) is 4.91. The molecule has 0 radical (unpaired) electrons. The van der Waals surface area contributed by atoms with Crippen molar-refractivity contribution in [3.8, 4) is 0 Å². The van der Waals surface area contributed by atoms with Gasteiger partial charge in [0.1, 0.15) is 0 Å². The zero-order chi connectivity index (χ0) is 11.2. The first kappa shape index (κ1) is 13.9. The molecule has 2 N–H and O–H groups in total. The molecule has 5 heteroatoms. The van der Waals surface area contributed by atoms with Gasteiger partial charge in [0, 0.05) is 13.2 Å². The predicted octanol–water partition coefficient (Wildman–Crippen LogP) is 0.724. The van der Waals surface area contributed by atoms with Crippen LogP contribution in [0.5, 0.6) is 0 Å². The standard InChI is InChI=1S/C9H21NO3S/c1-4-9(2,3)8-10-14(12,13)7-5-6-11/h10-11H,4-8H2,1-3H3. The zero-order valence-electron chi connectivity index (χ0n) is 9.21. The summed E-state index contributed by atoms with van der Waals surface area (Å²) in [5, 5.41) is 8.51. The Morgan fingerprint density at radius 3 is 2.36 bits per heavy atom. The van der Waals surface area contributed by atoms with Crippen molar-refractivity contribution in [2.45, 2.75) is 33.6 Å². The van der Waals surface area contributed by atoms with Crippen LogP contribution in [0.3, 0.4) is 0 Å². The Hall–Kier alpha value is -0.130. The van der Waals surface area contributed by atoms with Crippen LogP contribution in [0.1, 0.15) is 33.6 Å². The van der Waals surface area contributed by atoms with E-state index in [2.05, 4.69) is 4.72 Å². The van der Waals surface area contributed by atoms with Gasteiger partial charge in [-0.2, -0.15) is 0 Å². The smallest absolute Gasteiger partial charge is 0.211 e. The lowest BCUT2D eigenvalue weighted by Gasteiger charge is -2.22. The maximum Gasteiger partial charge on any atom is 0.211 e. The van der Waals surface area contributed by atoms with Crippen molar-refractivity contribution in [2.24, 2.45) is 5.41 Å². The van der Waals surface area contributed by atoms with Gasteiger partial charge in [-0.15, -0.1) is 0 Å². The van der Waals surface area contributed by atoms with Gasteiger partial charge >= 0.3 is 0 Å². The summed E-state index contributed by atoms with van der Waals surface area (Å²) in [5.74, 6) is 0.00327. The second-order valence-corrected chi connectivity index (χ2v) is 6.16. The molecule has 0 aromatic carbocycles. The summed E-state index contributed by atoms with van der Waals surface area (Å²) >= 11 is 0. The van der Waals surface area contributed by atoms with Crippen molar-refractivity contribution in [3.05, 3.63) is 0 Å². The van der Waals surface area contributed by atoms with Gasteiger partial charge in [-0.25, -0.2) is 13.1 Å². The van der Waals surface area contributed by atoms with Crippen molar-refractivity contribution >= 4 is 10.0 Å². The van der Waals surface area contributed by atoms with Crippen molar-refractivity contribution in [1.82, 2.24) is 4.72 Å². The number of hydrogen-bond donors (Lipinski definition) is 2. The molecule has 0 aromatic heterocycles. The SMILES string of the molecule is CCC(C)(C)CNS(=O)(=O)CCCO. The van der Waals surface area contributed by atoms with E-state index in [1.165, 1.54) is 0 Å². The molecule has 0 aliphatic heterocycles. The highest BCUT2D eigenvalue weighted by Crippen LogP contribution is 2.18. The maximum atomic E-state index is 11.3. The molecule has 0 fully saturated rings. The third-order valence-electron chi connectivity index (χ3n) is 2.30. The number of sulfonamides is 1. The molecule has 0 amide bonds. The van der Waals surface area contributed by atoms with Crippen LogP contribution in [0.25, 0.3) is 0 Å². The molecule has 0 aliphatic carbocycles. The highest BCUT2D eigenvalue weighted by Gasteiger charge is 2.18. The number of hydrogen-bond acceptors (Lipinski definition) is 3.